The summed E-state index contributed by atoms with van der Waals surface area (Å²) in [5.41, 5.74) is 2.12. The van der Waals surface area contributed by atoms with Gasteiger partial charge in [0.15, 0.2) is 5.70 Å². The van der Waals surface area contributed by atoms with Gasteiger partial charge in [0.1, 0.15) is 11.9 Å². The number of halogens is 1. The number of rotatable bonds is 1. The number of amides is 1. The highest BCUT2D eigenvalue weighted by atomic mass is 79.9. The lowest BCUT2D eigenvalue weighted by molar-refractivity contribution is -0.709. The summed E-state index contributed by atoms with van der Waals surface area (Å²) in [6, 6.07) is 0. The third-order valence-corrected chi connectivity index (χ3v) is 5.07. The Kier molecular flexibility index (Phi) is 3.25. The summed E-state index contributed by atoms with van der Waals surface area (Å²) in [6.45, 7) is 1.14. The van der Waals surface area contributed by atoms with Crippen LogP contribution in [0.5, 0.6) is 0 Å². The molecule has 0 saturated carbocycles. The average Bonchev–Trinajstić information content (AvgIpc) is 2.71. The summed E-state index contributed by atoms with van der Waals surface area (Å²) < 4.78 is 1.36. The van der Waals surface area contributed by atoms with Crippen LogP contribution in [0.1, 0.15) is 12.8 Å². The third kappa shape index (κ3) is 2.01. The van der Waals surface area contributed by atoms with Gasteiger partial charge in [-0.05, 0) is 12.8 Å². The first-order valence-corrected chi connectivity index (χ1v) is 7.36. The highest BCUT2D eigenvalue weighted by molar-refractivity contribution is 9.18. The highest BCUT2D eigenvalue weighted by Gasteiger charge is 2.43. The van der Waals surface area contributed by atoms with Crippen LogP contribution < -0.4 is 0 Å². The molecule has 3 rings (SSSR count). The van der Waals surface area contributed by atoms with Crippen molar-refractivity contribution < 1.29 is 14.4 Å². The Morgan fingerprint density at radius 1 is 1.50 bits per heavy atom. The molecule has 0 aromatic carbocycles. The molecule has 1 unspecified atom stereocenters. The van der Waals surface area contributed by atoms with E-state index in [1.165, 1.54) is 4.90 Å². The summed E-state index contributed by atoms with van der Waals surface area (Å²) in [5.74, 6) is 0.297. The lowest BCUT2D eigenvalue weighted by Gasteiger charge is -2.30. The number of allylic oxidation sites excluding steroid dienone is 2. The molecule has 3 heterocycles. The number of hydrogen-bond acceptors (Lipinski definition) is 3. The molecule has 3 aliphatic rings. The quantitative estimate of drug-likeness (QED) is 0.588. The van der Waals surface area contributed by atoms with Crippen LogP contribution in [0.2, 0.25) is 0 Å². The minimum atomic E-state index is -0.833. The van der Waals surface area contributed by atoms with E-state index in [4.69, 9.17) is 5.11 Å². The van der Waals surface area contributed by atoms with E-state index in [0.29, 0.717) is 23.5 Å². The fraction of sp³-hybridized carbons (Fsp3) is 0.462. The Balaban J connectivity index is 1.85. The number of amidine groups is 1. The molecular weight excluding hydrogens is 324 g/mol. The van der Waals surface area contributed by atoms with E-state index in [2.05, 4.69) is 33.0 Å². The number of aliphatic imine (C=N–C) groups is 2. The zero-order valence-electron chi connectivity index (χ0n) is 11.2. The first-order chi connectivity index (χ1) is 9.52. The minimum Gasteiger partial charge on any atom is -0.465 e. The van der Waals surface area contributed by atoms with Gasteiger partial charge in [0.25, 0.3) is 4.74 Å². The predicted molar refractivity (Wildman–Crippen MR) is 79.5 cm³/mol. The molecular formula is C13H16BrN4O2+. The number of nitrogens with zero attached hydrogens (tertiary/aromatic N) is 4. The van der Waals surface area contributed by atoms with Crippen molar-refractivity contribution in [2.24, 2.45) is 15.9 Å². The van der Waals surface area contributed by atoms with Gasteiger partial charge in [-0.1, -0.05) is 0 Å². The van der Waals surface area contributed by atoms with E-state index in [0.717, 1.165) is 29.0 Å². The molecule has 106 valence electrons. The van der Waals surface area contributed by atoms with E-state index in [-0.39, 0.29) is 0 Å². The molecule has 7 heteroatoms. The molecule has 1 amide bonds. The van der Waals surface area contributed by atoms with Crippen molar-refractivity contribution in [1.82, 2.24) is 4.90 Å². The number of likely N-dealkylation sites (tertiary alicyclic amines) is 1. The van der Waals surface area contributed by atoms with Gasteiger partial charge in [-0.25, -0.2) is 9.28 Å². The van der Waals surface area contributed by atoms with Crippen LogP contribution in [-0.4, -0.2) is 51.7 Å². The lowest BCUT2D eigenvalue weighted by atomic mass is 9.92. The Morgan fingerprint density at radius 2 is 2.20 bits per heavy atom. The van der Waals surface area contributed by atoms with Crippen LogP contribution in [0.4, 0.5) is 4.79 Å². The Labute approximate surface area is 125 Å². The summed E-state index contributed by atoms with van der Waals surface area (Å²) in [6.07, 6.45) is 6.41. The van der Waals surface area contributed by atoms with Crippen molar-refractivity contribution in [3.8, 4) is 0 Å². The van der Waals surface area contributed by atoms with E-state index in [1.54, 1.807) is 6.20 Å². The minimum absolute atomic E-state index is 0.297. The number of carboxylic acid groups (broad SMARTS) is 1. The highest BCUT2D eigenvalue weighted by Crippen LogP contribution is 2.38. The summed E-state index contributed by atoms with van der Waals surface area (Å²) in [7, 11) is 2.06. The summed E-state index contributed by atoms with van der Waals surface area (Å²) in [4.78, 5) is 21.3. The second-order valence-electron chi connectivity index (χ2n) is 5.35. The molecule has 0 aliphatic carbocycles. The smallest absolute Gasteiger partial charge is 0.407 e. The van der Waals surface area contributed by atoms with Crippen molar-refractivity contribution in [3.05, 3.63) is 23.8 Å². The van der Waals surface area contributed by atoms with Crippen LogP contribution in [0.15, 0.2) is 33.8 Å². The van der Waals surface area contributed by atoms with E-state index < -0.39 is 6.09 Å². The largest absolute Gasteiger partial charge is 0.465 e. The second kappa shape index (κ2) is 4.82. The average molecular weight is 340 g/mol. The van der Waals surface area contributed by atoms with Crippen molar-refractivity contribution >= 4 is 33.0 Å². The molecule has 3 aliphatic heterocycles. The third-order valence-electron chi connectivity index (χ3n) is 4.16. The molecule has 1 saturated heterocycles. The maximum Gasteiger partial charge on any atom is 0.407 e. The SMILES string of the molecule is C[N+]12C=CN=CC1=C(C1CCN(C(=O)O)CC1)N=C2Br. The van der Waals surface area contributed by atoms with Gasteiger partial charge in [0.05, 0.1) is 19.5 Å². The van der Waals surface area contributed by atoms with Gasteiger partial charge in [-0.2, -0.15) is 4.99 Å². The maximum atomic E-state index is 11.0. The van der Waals surface area contributed by atoms with Crippen molar-refractivity contribution in [3.63, 3.8) is 0 Å². The number of piperidine rings is 1. The van der Waals surface area contributed by atoms with Gasteiger partial charge in [-0.3, -0.25) is 4.99 Å². The Morgan fingerprint density at radius 3 is 2.85 bits per heavy atom. The van der Waals surface area contributed by atoms with Gasteiger partial charge in [-0.15, -0.1) is 0 Å². The molecule has 0 radical (unpaired) electrons. The van der Waals surface area contributed by atoms with Gasteiger partial charge in [0, 0.05) is 34.9 Å². The van der Waals surface area contributed by atoms with Gasteiger partial charge in [0.2, 0.25) is 0 Å². The monoisotopic (exact) mass is 339 g/mol. The van der Waals surface area contributed by atoms with Crippen molar-refractivity contribution in [1.29, 1.82) is 0 Å². The fourth-order valence-electron chi connectivity index (χ4n) is 2.86. The van der Waals surface area contributed by atoms with Crippen LogP contribution in [0.3, 0.4) is 0 Å². The number of quaternary nitrogens is 1. The van der Waals surface area contributed by atoms with Crippen LogP contribution in [0.25, 0.3) is 0 Å². The van der Waals surface area contributed by atoms with E-state index >= 15 is 0 Å². The van der Waals surface area contributed by atoms with E-state index in [1.807, 2.05) is 12.4 Å². The lowest BCUT2D eigenvalue weighted by Crippen LogP contribution is -2.40. The molecule has 20 heavy (non-hydrogen) atoms. The van der Waals surface area contributed by atoms with Crippen LogP contribution >= 0.6 is 15.9 Å². The maximum absolute atomic E-state index is 11.0. The van der Waals surface area contributed by atoms with Gasteiger partial charge >= 0.3 is 6.09 Å². The first kappa shape index (κ1) is 13.5. The Bertz CT molecular complexity index is 573. The summed E-state index contributed by atoms with van der Waals surface area (Å²) in [5, 5.41) is 9.01. The van der Waals surface area contributed by atoms with E-state index in [9.17, 15) is 4.79 Å². The second-order valence-corrected chi connectivity index (χ2v) is 6.06. The summed E-state index contributed by atoms with van der Waals surface area (Å²) >= 11 is 3.54. The normalized spacial score (nSPS) is 29.7. The zero-order chi connectivity index (χ0) is 14.3. The zero-order valence-corrected chi connectivity index (χ0v) is 12.7. The van der Waals surface area contributed by atoms with Crippen molar-refractivity contribution in [2.45, 2.75) is 12.8 Å². The molecule has 1 fully saturated rings. The molecule has 0 aromatic rings. The predicted octanol–water partition coefficient (Wildman–Crippen LogP) is 2.35. The molecule has 1 atom stereocenters. The topological polar surface area (TPSA) is 65.3 Å². The standard InChI is InChI=1S/C13H15BrN4O2/c1-18-7-4-15-8-10(18)11(16-12(18)14)9-2-5-17(6-3-9)13(19)20/h4,7-9H,2-3,5-6H2,1H3/p+1. The molecule has 0 bridgehead atoms. The van der Waals surface area contributed by atoms with Crippen LogP contribution in [0, 0.1) is 5.92 Å². The first-order valence-electron chi connectivity index (χ1n) is 6.57. The number of hydrogen-bond donors (Lipinski definition) is 1. The van der Waals surface area contributed by atoms with Gasteiger partial charge < -0.3 is 10.0 Å². The molecule has 0 aromatic heterocycles. The Hall–Kier alpha value is -1.47. The number of fused-ring (bicyclic) bond motifs is 1. The van der Waals surface area contributed by atoms with Crippen molar-refractivity contribution in [2.75, 3.05) is 20.1 Å². The van der Waals surface area contributed by atoms with Crippen LogP contribution in [-0.2, 0) is 0 Å². The molecule has 0 spiro atoms. The number of carbonyl (C=O) groups is 1. The fourth-order valence-corrected chi connectivity index (χ4v) is 3.36. The molecule has 1 N–H and O–H groups in total. The molecule has 6 nitrogen and oxygen atoms in total.